The molecule has 0 saturated heterocycles. The van der Waals surface area contributed by atoms with Crippen molar-refractivity contribution in [3.63, 3.8) is 0 Å². The van der Waals surface area contributed by atoms with E-state index in [1.807, 2.05) is 24.3 Å². The number of para-hydroxylation sites is 1. The third-order valence-electron chi connectivity index (χ3n) is 3.77. The van der Waals surface area contributed by atoms with Crippen molar-refractivity contribution in [1.82, 2.24) is 14.7 Å². The molecule has 0 aliphatic rings. The first-order chi connectivity index (χ1) is 13.5. The average molecular weight is 414 g/mol. The van der Waals surface area contributed by atoms with Gasteiger partial charge >= 0.3 is 0 Å². The lowest BCUT2D eigenvalue weighted by molar-refractivity contribution is 0.0991. The summed E-state index contributed by atoms with van der Waals surface area (Å²) in [5.41, 5.74) is 1.47. The molecule has 0 radical (unpaired) electrons. The van der Waals surface area contributed by atoms with Gasteiger partial charge in [-0.2, -0.15) is 0 Å². The van der Waals surface area contributed by atoms with Crippen molar-refractivity contribution in [2.45, 2.75) is 11.6 Å². The number of sulfonamides is 1. The molecule has 0 unspecified atom stereocenters. The molecular weight excluding hydrogens is 400 g/mol. The summed E-state index contributed by atoms with van der Waals surface area (Å²) in [7, 11) is -3.90. The number of hydrogen-bond acceptors (Lipinski definition) is 7. The minimum absolute atomic E-state index is 0.0596. The maximum Gasteiger partial charge on any atom is 0.293 e. The summed E-state index contributed by atoms with van der Waals surface area (Å²) >= 11 is 1.32. The van der Waals surface area contributed by atoms with Crippen LogP contribution in [-0.2, 0) is 16.6 Å². The summed E-state index contributed by atoms with van der Waals surface area (Å²) in [5.74, 6) is -0.700. The number of nitrogens with zero attached hydrogens (tertiary/aromatic N) is 2. The van der Waals surface area contributed by atoms with Gasteiger partial charge in [-0.1, -0.05) is 29.5 Å². The SMILES string of the molecule is O=C(Nc1nc2ccccc2s1)c1ccc(S(=O)(=O)NCc2cccnc2)o1. The maximum atomic E-state index is 12.3. The predicted octanol–water partition coefficient (Wildman–Crippen LogP) is 3.02. The van der Waals surface area contributed by atoms with Crippen molar-refractivity contribution in [1.29, 1.82) is 0 Å². The Labute approximate surface area is 164 Å². The van der Waals surface area contributed by atoms with Gasteiger partial charge < -0.3 is 4.42 Å². The van der Waals surface area contributed by atoms with E-state index < -0.39 is 15.9 Å². The standard InChI is InChI=1S/C18H14N4O4S2/c23-17(22-18-21-13-5-1-2-6-15(13)27-18)14-7-8-16(26-14)28(24,25)20-11-12-4-3-9-19-10-12/h1-10,20H,11H2,(H,21,22,23). The number of nitrogens with one attached hydrogen (secondary N) is 2. The van der Waals surface area contributed by atoms with Crippen molar-refractivity contribution < 1.29 is 17.6 Å². The van der Waals surface area contributed by atoms with Crippen LogP contribution in [0.2, 0.25) is 0 Å². The summed E-state index contributed by atoms with van der Waals surface area (Å²) in [6, 6.07) is 13.5. The molecule has 0 saturated carbocycles. The number of benzene rings is 1. The van der Waals surface area contributed by atoms with Crippen LogP contribution in [0, 0.1) is 0 Å². The number of rotatable bonds is 6. The molecule has 10 heteroatoms. The van der Waals surface area contributed by atoms with Gasteiger partial charge in [-0.15, -0.1) is 0 Å². The van der Waals surface area contributed by atoms with Crippen molar-refractivity contribution in [2.75, 3.05) is 5.32 Å². The van der Waals surface area contributed by atoms with Gasteiger partial charge in [0, 0.05) is 18.9 Å². The summed E-state index contributed by atoms with van der Waals surface area (Å²) in [4.78, 5) is 20.6. The molecule has 0 bridgehead atoms. The van der Waals surface area contributed by atoms with Gasteiger partial charge in [0.25, 0.3) is 15.9 Å². The van der Waals surface area contributed by atoms with Crippen LogP contribution in [0.15, 0.2) is 70.4 Å². The molecule has 0 fully saturated rings. The zero-order valence-corrected chi connectivity index (χ0v) is 16.0. The van der Waals surface area contributed by atoms with Crippen LogP contribution >= 0.6 is 11.3 Å². The Hall–Kier alpha value is -3.08. The van der Waals surface area contributed by atoms with E-state index in [0.29, 0.717) is 10.7 Å². The van der Waals surface area contributed by atoms with Crippen LogP contribution in [0.25, 0.3) is 10.2 Å². The second-order valence-corrected chi connectivity index (χ2v) is 8.47. The summed E-state index contributed by atoms with van der Waals surface area (Å²) in [6.07, 6.45) is 3.16. The molecule has 0 atom stereocenters. The Kier molecular flexibility index (Phi) is 4.90. The zero-order valence-electron chi connectivity index (χ0n) is 14.3. The van der Waals surface area contributed by atoms with Crippen molar-refractivity contribution in [3.05, 3.63) is 72.2 Å². The van der Waals surface area contributed by atoms with Crippen LogP contribution in [-0.4, -0.2) is 24.3 Å². The Bertz CT molecular complexity index is 1200. The Morgan fingerprint density at radius 1 is 1.11 bits per heavy atom. The van der Waals surface area contributed by atoms with Crippen LogP contribution < -0.4 is 10.0 Å². The highest BCUT2D eigenvalue weighted by atomic mass is 32.2. The molecular formula is C18H14N4O4S2. The number of thiazole rings is 1. The van der Waals surface area contributed by atoms with E-state index >= 15 is 0 Å². The van der Waals surface area contributed by atoms with Crippen molar-refractivity contribution in [3.8, 4) is 0 Å². The van der Waals surface area contributed by atoms with Gasteiger partial charge in [-0.05, 0) is 35.9 Å². The molecule has 28 heavy (non-hydrogen) atoms. The number of carbonyl (C=O) groups excluding carboxylic acids is 1. The first-order valence-electron chi connectivity index (χ1n) is 8.16. The van der Waals surface area contributed by atoms with E-state index in [1.54, 1.807) is 24.5 Å². The number of aromatic nitrogens is 2. The van der Waals surface area contributed by atoms with Gasteiger partial charge in [0.15, 0.2) is 10.9 Å². The summed E-state index contributed by atoms with van der Waals surface area (Å²) in [5, 5.41) is 2.68. The number of furan rings is 1. The first-order valence-corrected chi connectivity index (χ1v) is 10.5. The molecule has 4 rings (SSSR count). The fourth-order valence-electron chi connectivity index (χ4n) is 2.42. The molecule has 3 aromatic heterocycles. The van der Waals surface area contributed by atoms with Crippen molar-refractivity contribution in [2.24, 2.45) is 0 Å². The highest BCUT2D eigenvalue weighted by Crippen LogP contribution is 2.26. The monoisotopic (exact) mass is 414 g/mol. The van der Waals surface area contributed by atoms with E-state index in [9.17, 15) is 13.2 Å². The largest absolute Gasteiger partial charge is 0.438 e. The van der Waals surface area contributed by atoms with Crippen LogP contribution in [0.1, 0.15) is 16.1 Å². The lowest BCUT2D eigenvalue weighted by atomic mass is 10.3. The number of hydrogen-bond donors (Lipinski definition) is 2. The minimum atomic E-state index is -3.90. The van der Waals surface area contributed by atoms with Crippen molar-refractivity contribution >= 4 is 42.6 Å². The summed E-state index contributed by atoms with van der Waals surface area (Å²) in [6.45, 7) is 0.0596. The molecule has 1 amide bonds. The fourth-order valence-corrected chi connectivity index (χ4v) is 4.23. The molecule has 142 valence electrons. The number of amides is 1. The maximum absolute atomic E-state index is 12.3. The Morgan fingerprint density at radius 3 is 2.75 bits per heavy atom. The normalized spacial score (nSPS) is 11.6. The lowest BCUT2D eigenvalue weighted by Gasteiger charge is -2.04. The van der Waals surface area contributed by atoms with E-state index in [1.165, 1.54) is 23.5 Å². The second kappa shape index (κ2) is 7.50. The lowest BCUT2D eigenvalue weighted by Crippen LogP contribution is -2.22. The Balaban J connectivity index is 1.46. The molecule has 4 aromatic rings. The van der Waals surface area contributed by atoms with Gasteiger partial charge in [-0.25, -0.2) is 18.1 Å². The Morgan fingerprint density at radius 2 is 1.96 bits per heavy atom. The highest BCUT2D eigenvalue weighted by molar-refractivity contribution is 7.89. The average Bonchev–Trinajstić information content (AvgIpc) is 3.34. The fraction of sp³-hybridized carbons (Fsp3) is 0.0556. The topological polar surface area (TPSA) is 114 Å². The van der Waals surface area contributed by atoms with Gasteiger partial charge in [0.05, 0.1) is 10.2 Å². The van der Waals surface area contributed by atoms with Gasteiger partial charge in [0.1, 0.15) is 0 Å². The quantitative estimate of drug-likeness (QED) is 0.501. The van der Waals surface area contributed by atoms with Crippen LogP contribution in [0.5, 0.6) is 0 Å². The number of fused-ring (bicyclic) bond motifs is 1. The molecule has 0 spiro atoms. The van der Waals surface area contributed by atoms with E-state index in [0.717, 1.165) is 10.2 Å². The molecule has 2 N–H and O–H groups in total. The summed E-state index contributed by atoms with van der Waals surface area (Å²) < 4.78 is 33.3. The number of carbonyl (C=O) groups is 1. The van der Waals surface area contributed by atoms with Crippen LogP contribution in [0.3, 0.4) is 0 Å². The third-order valence-corrected chi connectivity index (χ3v) is 6.00. The zero-order chi connectivity index (χ0) is 19.6. The number of pyridine rings is 1. The third kappa shape index (κ3) is 3.93. The smallest absolute Gasteiger partial charge is 0.293 e. The van der Waals surface area contributed by atoms with Gasteiger partial charge in [0.2, 0.25) is 5.09 Å². The van der Waals surface area contributed by atoms with E-state index in [-0.39, 0.29) is 17.4 Å². The predicted molar refractivity (Wildman–Crippen MR) is 105 cm³/mol. The second-order valence-electron chi connectivity index (χ2n) is 5.75. The van der Waals surface area contributed by atoms with E-state index in [4.69, 9.17) is 4.42 Å². The number of anilines is 1. The van der Waals surface area contributed by atoms with Gasteiger partial charge in [-0.3, -0.25) is 15.1 Å². The minimum Gasteiger partial charge on any atom is -0.438 e. The van der Waals surface area contributed by atoms with Crippen LogP contribution in [0.4, 0.5) is 5.13 Å². The molecule has 8 nitrogen and oxygen atoms in total. The molecule has 0 aliphatic heterocycles. The first kappa shape index (κ1) is 18.3. The molecule has 3 heterocycles. The van der Waals surface area contributed by atoms with E-state index in [2.05, 4.69) is 20.0 Å². The molecule has 1 aromatic carbocycles. The highest BCUT2D eigenvalue weighted by Gasteiger charge is 2.21. The molecule has 0 aliphatic carbocycles.